The van der Waals surface area contributed by atoms with E-state index in [0.717, 1.165) is 23.7 Å². The van der Waals surface area contributed by atoms with Crippen molar-refractivity contribution in [1.82, 2.24) is 14.9 Å². The van der Waals surface area contributed by atoms with Gasteiger partial charge in [-0.15, -0.1) is 0 Å². The molecule has 6 nitrogen and oxygen atoms in total. The minimum atomic E-state index is -0.811. The molecule has 0 spiro atoms. The number of rotatable bonds is 5. The van der Waals surface area contributed by atoms with Crippen molar-refractivity contribution in [3.05, 3.63) is 11.4 Å². The van der Waals surface area contributed by atoms with Crippen molar-refractivity contribution in [2.45, 2.75) is 76.2 Å². The highest BCUT2D eigenvalue weighted by Gasteiger charge is 2.29. The number of imide groups is 1. The van der Waals surface area contributed by atoms with Crippen LogP contribution in [0.25, 0.3) is 0 Å². The number of nitrogens with zero attached hydrogens (tertiary/aromatic N) is 2. The van der Waals surface area contributed by atoms with E-state index in [1.54, 1.807) is 0 Å². The van der Waals surface area contributed by atoms with Crippen molar-refractivity contribution in [2.75, 3.05) is 0 Å². The molecule has 1 unspecified atom stereocenters. The number of aromatic nitrogens is 2. The Hall–Kier alpha value is -1.50. The molecule has 3 N–H and O–H groups in total. The van der Waals surface area contributed by atoms with E-state index in [9.17, 15) is 9.59 Å². The number of carbonyl (C=O) groups excluding carboxylic acids is 2. The fourth-order valence-corrected chi connectivity index (χ4v) is 4.50. The Balaban J connectivity index is 2.28. The highest BCUT2D eigenvalue weighted by molar-refractivity contribution is 8.00. The lowest BCUT2D eigenvalue weighted by Crippen LogP contribution is -2.42. The van der Waals surface area contributed by atoms with Gasteiger partial charge in [0.05, 0.1) is 10.9 Å². The first kappa shape index (κ1) is 18.8. The van der Waals surface area contributed by atoms with Crippen LogP contribution in [0.3, 0.4) is 0 Å². The molecule has 1 aliphatic carbocycles. The Bertz CT molecular complexity index is 606. The summed E-state index contributed by atoms with van der Waals surface area (Å²) >= 11 is 1.43. The fourth-order valence-electron chi connectivity index (χ4n) is 3.25. The smallest absolute Gasteiger partial charge is 0.318 e. The van der Waals surface area contributed by atoms with Crippen molar-refractivity contribution in [3.8, 4) is 0 Å². The van der Waals surface area contributed by atoms with Crippen LogP contribution in [-0.2, 0) is 4.79 Å². The number of hydrogen-bond donors (Lipinski definition) is 2. The minimum absolute atomic E-state index is 0.0615. The quantitative estimate of drug-likeness (QED) is 0.796. The first-order valence-corrected chi connectivity index (χ1v) is 9.51. The molecule has 24 heavy (non-hydrogen) atoms. The SMILES string of the molecule is Cc1nc(SC(C(=O)NC(N)=O)C(C)C)n(C2CCCCC2)c1C. The maximum Gasteiger partial charge on any atom is 0.318 e. The number of hydrogen-bond acceptors (Lipinski definition) is 4. The summed E-state index contributed by atoms with van der Waals surface area (Å²) in [7, 11) is 0. The Kier molecular flexibility index (Phi) is 6.32. The Morgan fingerprint density at radius 1 is 1.25 bits per heavy atom. The normalized spacial score (nSPS) is 17.0. The van der Waals surface area contributed by atoms with Gasteiger partial charge in [0, 0.05) is 11.7 Å². The molecule has 1 aromatic rings. The van der Waals surface area contributed by atoms with Crippen molar-refractivity contribution in [2.24, 2.45) is 11.7 Å². The second kappa shape index (κ2) is 8.05. The number of nitrogens with one attached hydrogen (secondary N) is 1. The van der Waals surface area contributed by atoms with Gasteiger partial charge >= 0.3 is 6.03 Å². The van der Waals surface area contributed by atoms with Crippen LogP contribution in [0.1, 0.15) is 63.4 Å². The molecule has 1 aliphatic rings. The topological polar surface area (TPSA) is 90.0 Å². The largest absolute Gasteiger partial charge is 0.351 e. The van der Waals surface area contributed by atoms with Gasteiger partial charge in [0.2, 0.25) is 5.91 Å². The van der Waals surface area contributed by atoms with Crippen LogP contribution in [0.5, 0.6) is 0 Å². The summed E-state index contributed by atoms with van der Waals surface area (Å²) in [6, 6.07) is -0.358. The summed E-state index contributed by atoms with van der Waals surface area (Å²) in [5, 5.41) is 2.68. The van der Waals surface area contributed by atoms with Crippen LogP contribution >= 0.6 is 11.8 Å². The Morgan fingerprint density at radius 3 is 2.42 bits per heavy atom. The van der Waals surface area contributed by atoms with Crippen LogP contribution in [0.2, 0.25) is 0 Å². The molecular formula is C17H28N4O2S. The van der Waals surface area contributed by atoms with Crippen LogP contribution < -0.4 is 11.1 Å². The fraction of sp³-hybridized carbons (Fsp3) is 0.706. The van der Waals surface area contributed by atoms with E-state index in [0.29, 0.717) is 6.04 Å². The lowest BCUT2D eigenvalue weighted by atomic mass is 9.95. The molecule has 134 valence electrons. The highest BCUT2D eigenvalue weighted by atomic mass is 32.2. The second-order valence-electron chi connectivity index (χ2n) is 6.86. The number of carbonyl (C=O) groups is 2. The van der Waals surface area contributed by atoms with E-state index in [4.69, 9.17) is 10.7 Å². The van der Waals surface area contributed by atoms with Gasteiger partial charge < -0.3 is 10.3 Å². The molecule has 1 atom stereocenters. The molecule has 0 aliphatic heterocycles. The molecule has 0 aromatic carbocycles. The summed E-state index contributed by atoms with van der Waals surface area (Å²) in [5.41, 5.74) is 7.27. The number of amides is 3. The zero-order chi connectivity index (χ0) is 17.9. The molecule has 1 fully saturated rings. The maximum atomic E-state index is 12.3. The molecule has 1 aromatic heterocycles. The molecule has 0 saturated heterocycles. The van der Waals surface area contributed by atoms with E-state index >= 15 is 0 Å². The van der Waals surface area contributed by atoms with Gasteiger partial charge in [0.1, 0.15) is 0 Å². The number of nitrogens with two attached hydrogens (primary N) is 1. The molecule has 1 saturated carbocycles. The van der Waals surface area contributed by atoms with Crippen LogP contribution in [0.4, 0.5) is 4.79 Å². The van der Waals surface area contributed by atoms with Gasteiger partial charge in [0.15, 0.2) is 5.16 Å². The summed E-state index contributed by atoms with van der Waals surface area (Å²) < 4.78 is 2.30. The number of thioether (sulfide) groups is 1. The van der Waals surface area contributed by atoms with E-state index in [1.807, 2.05) is 20.8 Å². The monoisotopic (exact) mass is 352 g/mol. The Labute approximate surface area is 148 Å². The lowest BCUT2D eigenvalue weighted by Gasteiger charge is -2.27. The van der Waals surface area contributed by atoms with Crippen LogP contribution in [-0.4, -0.2) is 26.7 Å². The summed E-state index contributed by atoms with van der Waals surface area (Å²) in [4.78, 5) is 28.0. The third-order valence-corrected chi connectivity index (χ3v) is 6.15. The molecule has 2 rings (SSSR count). The molecular weight excluding hydrogens is 324 g/mol. The molecule has 7 heteroatoms. The van der Waals surface area contributed by atoms with E-state index in [2.05, 4.69) is 16.8 Å². The molecule has 0 radical (unpaired) electrons. The van der Waals surface area contributed by atoms with Gasteiger partial charge in [-0.3, -0.25) is 10.1 Å². The van der Waals surface area contributed by atoms with Crippen molar-refractivity contribution in [3.63, 3.8) is 0 Å². The average molecular weight is 353 g/mol. The van der Waals surface area contributed by atoms with E-state index in [-0.39, 0.29) is 11.8 Å². The van der Waals surface area contributed by atoms with Crippen LogP contribution in [0.15, 0.2) is 5.16 Å². The zero-order valence-electron chi connectivity index (χ0n) is 15.0. The van der Waals surface area contributed by atoms with Gasteiger partial charge in [-0.25, -0.2) is 9.78 Å². The number of primary amides is 1. The van der Waals surface area contributed by atoms with Gasteiger partial charge in [-0.2, -0.15) is 0 Å². The van der Waals surface area contributed by atoms with E-state index < -0.39 is 11.3 Å². The second-order valence-corrected chi connectivity index (χ2v) is 7.97. The number of urea groups is 1. The third-order valence-electron chi connectivity index (χ3n) is 4.64. The predicted molar refractivity (Wildman–Crippen MR) is 96.0 cm³/mol. The van der Waals surface area contributed by atoms with Crippen molar-refractivity contribution < 1.29 is 9.59 Å². The van der Waals surface area contributed by atoms with Crippen molar-refractivity contribution >= 4 is 23.7 Å². The predicted octanol–water partition coefficient (Wildman–Crippen LogP) is 3.32. The average Bonchev–Trinajstić information content (AvgIpc) is 2.79. The first-order valence-electron chi connectivity index (χ1n) is 8.63. The standard InChI is InChI=1S/C17H28N4O2S/c1-10(2)14(15(22)20-16(18)23)24-17-19-11(3)12(4)21(17)13-8-6-5-7-9-13/h10,13-14H,5-9H2,1-4H3,(H3,18,20,22,23). The van der Waals surface area contributed by atoms with E-state index in [1.165, 1.54) is 36.7 Å². The minimum Gasteiger partial charge on any atom is -0.351 e. The first-order chi connectivity index (χ1) is 11.3. The summed E-state index contributed by atoms with van der Waals surface area (Å²) in [6.45, 7) is 8.03. The maximum absolute atomic E-state index is 12.3. The summed E-state index contributed by atoms with van der Waals surface area (Å²) in [6.07, 6.45) is 6.08. The molecule has 1 heterocycles. The van der Waals surface area contributed by atoms with Gasteiger partial charge in [-0.1, -0.05) is 44.9 Å². The van der Waals surface area contributed by atoms with Gasteiger partial charge in [0.25, 0.3) is 0 Å². The number of aryl methyl sites for hydroxylation is 1. The summed E-state index contributed by atoms with van der Waals surface area (Å²) in [5.74, 6) is -0.289. The molecule has 3 amide bonds. The Morgan fingerprint density at radius 2 is 1.88 bits per heavy atom. The van der Waals surface area contributed by atoms with Crippen molar-refractivity contribution in [1.29, 1.82) is 0 Å². The van der Waals surface area contributed by atoms with Gasteiger partial charge in [-0.05, 0) is 32.6 Å². The third kappa shape index (κ3) is 4.32. The number of imidazole rings is 1. The zero-order valence-corrected chi connectivity index (χ0v) is 15.8. The molecule has 0 bridgehead atoms. The lowest BCUT2D eigenvalue weighted by molar-refractivity contribution is -0.120. The van der Waals surface area contributed by atoms with Crippen LogP contribution in [0, 0.1) is 19.8 Å². The highest BCUT2D eigenvalue weighted by Crippen LogP contribution is 2.36.